The molecule has 1 heterocycles. The van der Waals surface area contributed by atoms with E-state index < -0.39 is 0 Å². The highest BCUT2D eigenvalue weighted by Crippen LogP contribution is 2.25. The van der Waals surface area contributed by atoms with Crippen molar-refractivity contribution in [3.05, 3.63) is 29.3 Å². The molecule has 2 rings (SSSR count). The number of carbonyl (C=O) groups excluding carboxylic acids is 1. The fraction of sp³-hybridized carbons (Fsp3) is 0.300. The molecular formula is C10H10ClNO2. The smallest absolute Gasteiger partial charge is 0.253 e. The van der Waals surface area contributed by atoms with Crippen LogP contribution in [0.1, 0.15) is 0 Å². The van der Waals surface area contributed by atoms with E-state index in [-0.39, 0.29) is 12.5 Å². The van der Waals surface area contributed by atoms with Gasteiger partial charge in [0, 0.05) is 6.54 Å². The lowest BCUT2D eigenvalue weighted by Crippen LogP contribution is -2.41. The normalized spacial score (nSPS) is 17.2. The average molecular weight is 212 g/mol. The number of hydrogen-bond acceptors (Lipinski definition) is 2. The predicted octanol–water partition coefficient (Wildman–Crippen LogP) is 1.70. The Morgan fingerprint density at radius 3 is 2.86 bits per heavy atom. The number of nitrogens with zero attached hydrogens (tertiary/aromatic N) is 1. The summed E-state index contributed by atoms with van der Waals surface area (Å²) >= 11 is 5.99. The maximum Gasteiger partial charge on any atom is 0.253 e. The molecule has 0 aliphatic carbocycles. The van der Waals surface area contributed by atoms with Crippen LogP contribution in [0.25, 0.3) is 0 Å². The predicted molar refractivity (Wildman–Crippen MR) is 54.6 cm³/mol. The Bertz CT molecular complexity index is 354. The monoisotopic (exact) mass is 211 g/mol. The zero-order valence-corrected chi connectivity index (χ0v) is 8.33. The van der Waals surface area contributed by atoms with Gasteiger partial charge in [0.1, 0.15) is 6.61 Å². The van der Waals surface area contributed by atoms with Crippen LogP contribution in [-0.2, 0) is 9.53 Å². The Labute approximate surface area is 87.2 Å². The van der Waals surface area contributed by atoms with Crippen LogP contribution in [0.5, 0.6) is 0 Å². The van der Waals surface area contributed by atoms with Crippen molar-refractivity contribution in [2.45, 2.75) is 0 Å². The van der Waals surface area contributed by atoms with Gasteiger partial charge in [0.2, 0.25) is 0 Å². The fourth-order valence-corrected chi connectivity index (χ4v) is 1.68. The van der Waals surface area contributed by atoms with E-state index in [2.05, 4.69) is 0 Å². The lowest BCUT2D eigenvalue weighted by atomic mass is 10.2. The minimum atomic E-state index is -0.0376. The molecule has 74 valence electrons. The summed E-state index contributed by atoms with van der Waals surface area (Å²) in [6.45, 7) is 1.28. The third-order valence-corrected chi connectivity index (χ3v) is 2.45. The highest BCUT2D eigenvalue weighted by atomic mass is 35.5. The number of rotatable bonds is 1. The standard InChI is InChI=1S/C10H10ClNO2/c11-8-3-1-2-4-9(8)12-5-6-14-7-10(12)13/h1-4H,5-7H2. The third-order valence-electron chi connectivity index (χ3n) is 2.13. The molecule has 3 nitrogen and oxygen atoms in total. The van der Waals surface area contributed by atoms with Crippen molar-refractivity contribution in [2.24, 2.45) is 0 Å². The molecule has 0 radical (unpaired) electrons. The number of carbonyl (C=O) groups is 1. The quantitative estimate of drug-likeness (QED) is 0.708. The molecule has 14 heavy (non-hydrogen) atoms. The second-order valence-electron chi connectivity index (χ2n) is 3.05. The van der Waals surface area contributed by atoms with E-state index in [0.29, 0.717) is 18.2 Å². The number of para-hydroxylation sites is 1. The molecule has 0 aromatic heterocycles. The van der Waals surface area contributed by atoms with Crippen molar-refractivity contribution in [1.82, 2.24) is 0 Å². The van der Waals surface area contributed by atoms with Crippen LogP contribution in [0.4, 0.5) is 5.69 Å². The number of hydrogen-bond donors (Lipinski definition) is 0. The Balaban J connectivity index is 2.29. The lowest BCUT2D eigenvalue weighted by Gasteiger charge is -2.27. The zero-order chi connectivity index (χ0) is 9.97. The Morgan fingerprint density at radius 1 is 1.36 bits per heavy atom. The molecule has 1 aromatic rings. The van der Waals surface area contributed by atoms with Crippen LogP contribution < -0.4 is 4.90 Å². The maximum atomic E-state index is 11.5. The van der Waals surface area contributed by atoms with Crippen molar-refractivity contribution in [3.63, 3.8) is 0 Å². The zero-order valence-electron chi connectivity index (χ0n) is 7.57. The number of ether oxygens (including phenoxy) is 1. The first-order valence-corrected chi connectivity index (χ1v) is 4.79. The summed E-state index contributed by atoms with van der Waals surface area (Å²) in [6.07, 6.45) is 0. The van der Waals surface area contributed by atoms with E-state index in [9.17, 15) is 4.79 Å². The summed E-state index contributed by atoms with van der Waals surface area (Å²) in [4.78, 5) is 13.1. The summed E-state index contributed by atoms with van der Waals surface area (Å²) in [6, 6.07) is 7.33. The summed E-state index contributed by atoms with van der Waals surface area (Å²) in [5, 5.41) is 0.600. The largest absolute Gasteiger partial charge is 0.370 e. The third kappa shape index (κ3) is 1.74. The number of morpholine rings is 1. The van der Waals surface area contributed by atoms with Crippen molar-refractivity contribution in [2.75, 3.05) is 24.7 Å². The first-order chi connectivity index (χ1) is 6.79. The Hall–Kier alpha value is -1.06. The molecule has 1 aliphatic heterocycles. The van der Waals surface area contributed by atoms with Crippen LogP contribution in [0.15, 0.2) is 24.3 Å². The molecule has 1 fully saturated rings. The Morgan fingerprint density at radius 2 is 2.14 bits per heavy atom. The first kappa shape index (κ1) is 9.49. The van der Waals surface area contributed by atoms with E-state index in [1.54, 1.807) is 11.0 Å². The number of halogens is 1. The second kappa shape index (κ2) is 3.98. The molecule has 0 unspecified atom stereocenters. The molecule has 1 aliphatic rings. The molecule has 1 saturated heterocycles. The second-order valence-corrected chi connectivity index (χ2v) is 3.46. The number of amides is 1. The molecular weight excluding hydrogens is 202 g/mol. The van der Waals surface area contributed by atoms with E-state index in [0.717, 1.165) is 5.69 Å². The number of anilines is 1. The molecule has 0 atom stereocenters. The summed E-state index contributed by atoms with van der Waals surface area (Å²) < 4.78 is 5.04. The van der Waals surface area contributed by atoms with Gasteiger partial charge in [-0.15, -0.1) is 0 Å². The number of benzene rings is 1. The van der Waals surface area contributed by atoms with Crippen LogP contribution in [0.2, 0.25) is 5.02 Å². The van der Waals surface area contributed by atoms with Crippen molar-refractivity contribution in [3.8, 4) is 0 Å². The minimum absolute atomic E-state index is 0.0376. The van der Waals surface area contributed by atoms with Gasteiger partial charge in [0.15, 0.2) is 0 Å². The van der Waals surface area contributed by atoms with Gasteiger partial charge in [-0.1, -0.05) is 23.7 Å². The summed E-state index contributed by atoms with van der Waals surface area (Å²) in [5.41, 5.74) is 0.766. The molecule has 1 amide bonds. The molecule has 1 aromatic carbocycles. The molecule has 0 bridgehead atoms. The Kier molecular flexibility index (Phi) is 2.70. The van der Waals surface area contributed by atoms with Crippen LogP contribution in [-0.4, -0.2) is 25.7 Å². The average Bonchev–Trinajstić information content (AvgIpc) is 2.20. The van der Waals surface area contributed by atoms with Crippen LogP contribution >= 0.6 is 11.6 Å². The summed E-state index contributed by atoms with van der Waals surface area (Å²) in [5.74, 6) is -0.0376. The van der Waals surface area contributed by atoms with Gasteiger partial charge >= 0.3 is 0 Å². The van der Waals surface area contributed by atoms with Gasteiger partial charge in [-0.2, -0.15) is 0 Å². The molecule has 0 spiro atoms. The van der Waals surface area contributed by atoms with Crippen molar-refractivity contribution < 1.29 is 9.53 Å². The minimum Gasteiger partial charge on any atom is -0.370 e. The highest BCUT2D eigenvalue weighted by Gasteiger charge is 2.21. The lowest BCUT2D eigenvalue weighted by molar-refractivity contribution is -0.125. The van der Waals surface area contributed by atoms with Crippen LogP contribution in [0.3, 0.4) is 0 Å². The van der Waals surface area contributed by atoms with Gasteiger partial charge in [-0.3, -0.25) is 4.79 Å². The van der Waals surface area contributed by atoms with Crippen LogP contribution in [0, 0.1) is 0 Å². The van der Waals surface area contributed by atoms with Gasteiger partial charge in [0.05, 0.1) is 17.3 Å². The molecule has 0 saturated carbocycles. The molecule has 0 N–H and O–H groups in total. The fourth-order valence-electron chi connectivity index (χ4n) is 1.44. The van der Waals surface area contributed by atoms with Gasteiger partial charge in [0.25, 0.3) is 5.91 Å². The van der Waals surface area contributed by atoms with Crippen molar-refractivity contribution >= 4 is 23.2 Å². The van der Waals surface area contributed by atoms with Crippen molar-refractivity contribution in [1.29, 1.82) is 0 Å². The SMILES string of the molecule is O=C1COCCN1c1ccccc1Cl. The maximum absolute atomic E-state index is 11.5. The highest BCUT2D eigenvalue weighted by molar-refractivity contribution is 6.33. The van der Waals surface area contributed by atoms with E-state index in [1.165, 1.54) is 0 Å². The van der Waals surface area contributed by atoms with Gasteiger partial charge < -0.3 is 9.64 Å². The van der Waals surface area contributed by atoms with E-state index in [1.807, 2.05) is 18.2 Å². The first-order valence-electron chi connectivity index (χ1n) is 4.41. The molecule has 4 heteroatoms. The topological polar surface area (TPSA) is 29.5 Å². The van der Waals surface area contributed by atoms with Gasteiger partial charge in [-0.25, -0.2) is 0 Å². The summed E-state index contributed by atoms with van der Waals surface area (Å²) in [7, 11) is 0. The van der Waals surface area contributed by atoms with Gasteiger partial charge in [-0.05, 0) is 12.1 Å². The van der Waals surface area contributed by atoms with E-state index >= 15 is 0 Å². The van der Waals surface area contributed by atoms with E-state index in [4.69, 9.17) is 16.3 Å².